The van der Waals surface area contributed by atoms with Gasteiger partial charge in [-0.3, -0.25) is 4.90 Å². The molecule has 2 rings (SSSR count). The predicted molar refractivity (Wildman–Crippen MR) is 143 cm³/mol. The Morgan fingerprint density at radius 1 is 0.821 bits per heavy atom. The summed E-state index contributed by atoms with van der Waals surface area (Å²) in [5.74, 6) is -1.24. The molecule has 12 heteroatoms. The van der Waals surface area contributed by atoms with E-state index in [-0.39, 0.29) is 39.3 Å². The summed E-state index contributed by atoms with van der Waals surface area (Å²) in [6.45, 7) is 12.0. The summed E-state index contributed by atoms with van der Waals surface area (Å²) in [4.78, 5) is 54.8. The average molecular weight is 551 g/mol. The van der Waals surface area contributed by atoms with Crippen LogP contribution in [0, 0.1) is 0 Å². The van der Waals surface area contributed by atoms with Crippen molar-refractivity contribution in [1.29, 1.82) is 0 Å². The van der Waals surface area contributed by atoms with Gasteiger partial charge < -0.3 is 34.4 Å². The first kappa shape index (κ1) is 31.7. The predicted octanol–water partition coefficient (Wildman–Crippen LogP) is 3.16. The van der Waals surface area contributed by atoms with Crippen molar-refractivity contribution in [1.82, 2.24) is 20.0 Å². The van der Waals surface area contributed by atoms with Crippen LogP contribution < -0.4 is 5.32 Å². The Bertz CT molecular complexity index is 934. The van der Waals surface area contributed by atoms with Gasteiger partial charge in [-0.05, 0) is 47.1 Å². The van der Waals surface area contributed by atoms with Gasteiger partial charge in [0.1, 0.15) is 23.9 Å². The Morgan fingerprint density at radius 2 is 1.28 bits per heavy atom. The number of nitrogens with zero attached hydrogens (tertiary/aromatic N) is 3. The summed E-state index contributed by atoms with van der Waals surface area (Å²) in [6.07, 6.45) is -1.93. The number of carbonyl (C=O) groups excluding carboxylic acids is 3. The Hall–Kier alpha value is -3.54. The average Bonchev–Trinajstić information content (AvgIpc) is 2.91. The molecular formula is C27H42N4O8. The van der Waals surface area contributed by atoms with Gasteiger partial charge in [-0.2, -0.15) is 0 Å². The minimum absolute atomic E-state index is 0.00156. The molecule has 0 aromatic heterocycles. The third-order valence-corrected chi connectivity index (χ3v) is 5.56. The molecule has 0 spiro atoms. The first-order valence-corrected chi connectivity index (χ1v) is 13.0. The molecule has 1 heterocycles. The number of rotatable bonds is 6. The molecule has 0 aliphatic carbocycles. The second-order valence-corrected chi connectivity index (χ2v) is 11.3. The van der Waals surface area contributed by atoms with Crippen LogP contribution >= 0.6 is 0 Å². The van der Waals surface area contributed by atoms with Crippen LogP contribution in [-0.2, 0) is 25.6 Å². The fraction of sp³-hybridized carbons (Fsp3) is 0.630. The zero-order valence-corrected chi connectivity index (χ0v) is 23.8. The van der Waals surface area contributed by atoms with Crippen LogP contribution in [0.4, 0.5) is 14.4 Å². The fourth-order valence-electron chi connectivity index (χ4n) is 3.65. The number of amides is 3. The third-order valence-electron chi connectivity index (χ3n) is 5.56. The number of carboxylic acids is 1. The van der Waals surface area contributed by atoms with Crippen LogP contribution in [0.15, 0.2) is 30.3 Å². The molecule has 1 aliphatic heterocycles. The van der Waals surface area contributed by atoms with E-state index in [0.29, 0.717) is 13.1 Å². The molecule has 3 amide bonds. The van der Waals surface area contributed by atoms with Gasteiger partial charge in [0.15, 0.2) is 0 Å². The number of hydrogen-bond acceptors (Lipinski definition) is 8. The van der Waals surface area contributed by atoms with Crippen molar-refractivity contribution in [2.24, 2.45) is 0 Å². The minimum atomic E-state index is -1.28. The SMILES string of the molecule is CC(C)(C)OC(=O)N1CCN(C[C@H](NC(=O)OCc2ccccc2)C(=O)O)CCN(C(=O)OC(C)(C)C)CC1. The highest BCUT2D eigenvalue weighted by Gasteiger charge is 2.30. The van der Waals surface area contributed by atoms with Crippen molar-refractivity contribution in [2.75, 3.05) is 45.8 Å². The summed E-state index contributed by atoms with van der Waals surface area (Å²) < 4.78 is 16.2. The second-order valence-electron chi connectivity index (χ2n) is 11.3. The normalized spacial score (nSPS) is 16.3. The molecule has 0 saturated carbocycles. The number of aliphatic carboxylic acids is 1. The molecule has 0 bridgehead atoms. The van der Waals surface area contributed by atoms with Crippen LogP contribution in [-0.4, -0.2) is 107 Å². The van der Waals surface area contributed by atoms with Gasteiger partial charge in [0.05, 0.1) is 0 Å². The standard InChI is InChI=1S/C27H42N4O8/c1-26(2,3)38-24(35)30-14-12-29(13-15-31(17-16-30)25(36)39-27(4,5)6)18-21(22(32)33)28-23(34)37-19-20-10-8-7-9-11-20/h7-11,21H,12-19H2,1-6H3,(H,28,34)(H,32,33)/t21-/m0/s1. The maximum Gasteiger partial charge on any atom is 0.410 e. The van der Waals surface area contributed by atoms with Crippen LogP contribution in [0.1, 0.15) is 47.1 Å². The van der Waals surface area contributed by atoms with Crippen molar-refractivity contribution in [3.8, 4) is 0 Å². The molecule has 1 aromatic rings. The lowest BCUT2D eigenvalue weighted by Gasteiger charge is -2.30. The smallest absolute Gasteiger partial charge is 0.410 e. The van der Waals surface area contributed by atoms with Crippen molar-refractivity contribution in [3.05, 3.63) is 35.9 Å². The van der Waals surface area contributed by atoms with E-state index >= 15 is 0 Å². The van der Waals surface area contributed by atoms with Crippen LogP contribution in [0.5, 0.6) is 0 Å². The summed E-state index contributed by atoms with van der Waals surface area (Å²) in [6, 6.07) is 7.75. The maximum atomic E-state index is 12.9. The number of carboxylic acid groups (broad SMARTS) is 1. The summed E-state index contributed by atoms with van der Waals surface area (Å²) >= 11 is 0. The lowest BCUT2D eigenvalue weighted by Crippen LogP contribution is -2.51. The zero-order chi connectivity index (χ0) is 29.2. The van der Waals surface area contributed by atoms with E-state index in [9.17, 15) is 24.3 Å². The molecule has 39 heavy (non-hydrogen) atoms. The van der Waals surface area contributed by atoms with Gasteiger partial charge in [0.25, 0.3) is 0 Å². The number of alkyl carbamates (subject to hydrolysis) is 1. The number of ether oxygens (including phenoxy) is 3. The first-order valence-electron chi connectivity index (χ1n) is 13.0. The molecule has 218 valence electrons. The highest BCUT2D eigenvalue weighted by atomic mass is 16.6. The number of benzene rings is 1. The monoisotopic (exact) mass is 550 g/mol. The summed E-state index contributed by atoms with van der Waals surface area (Å²) in [5.41, 5.74) is -0.652. The topological polar surface area (TPSA) is 138 Å². The van der Waals surface area contributed by atoms with Gasteiger partial charge in [-0.1, -0.05) is 30.3 Å². The van der Waals surface area contributed by atoms with E-state index in [2.05, 4.69) is 5.32 Å². The highest BCUT2D eigenvalue weighted by molar-refractivity contribution is 5.80. The highest BCUT2D eigenvalue weighted by Crippen LogP contribution is 2.14. The first-order chi connectivity index (χ1) is 18.1. The molecule has 1 fully saturated rings. The van der Waals surface area contributed by atoms with Crippen molar-refractivity contribution in [2.45, 2.75) is 65.4 Å². The second kappa shape index (κ2) is 14.0. The molecule has 1 aliphatic rings. The Balaban J connectivity index is 2.12. The third kappa shape index (κ3) is 12.2. The van der Waals surface area contributed by atoms with Gasteiger partial charge >= 0.3 is 24.2 Å². The van der Waals surface area contributed by atoms with Gasteiger partial charge in [-0.15, -0.1) is 0 Å². The zero-order valence-electron chi connectivity index (χ0n) is 23.8. The molecule has 1 aromatic carbocycles. The summed E-state index contributed by atoms with van der Waals surface area (Å²) in [5, 5.41) is 12.2. The lowest BCUT2D eigenvalue weighted by atomic mass is 10.2. The van der Waals surface area contributed by atoms with Crippen molar-refractivity contribution >= 4 is 24.2 Å². The quantitative estimate of drug-likeness (QED) is 0.512. The number of carbonyl (C=O) groups is 4. The Labute approximate surface area is 230 Å². The van der Waals surface area contributed by atoms with Crippen molar-refractivity contribution in [3.63, 3.8) is 0 Å². The Morgan fingerprint density at radius 3 is 1.72 bits per heavy atom. The van der Waals surface area contributed by atoms with Crippen LogP contribution in [0.2, 0.25) is 0 Å². The molecule has 0 unspecified atom stereocenters. The molecular weight excluding hydrogens is 508 g/mol. The summed E-state index contributed by atoms with van der Waals surface area (Å²) in [7, 11) is 0. The van der Waals surface area contributed by atoms with Crippen molar-refractivity contribution < 1.29 is 38.5 Å². The number of nitrogens with one attached hydrogen (secondary N) is 1. The van der Waals surface area contributed by atoms with E-state index in [1.54, 1.807) is 58.6 Å². The van der Waals surface area contributed by atoms with Gasteiger partial charge in [0.2, 0.25) is 0 Å². The molecule has 1 atom stereocenters. The van der Waals surface area contributed by atoms with E-state index < -0.39 is 41.5 Å². The van der Waals surface area contributed by atoms with E-state index in [1.165, 1.54) is 9.80 Å². The van der Waals surface area contributed by atoms with Gasteiger partial charge in [0, 0.05) is 45.8 Å². The van der Waals surface area contributed by atoms with E-state index in [1.807, 2.05) is 18.2 Å². The maximum absolute atomic E-state index is 12.9. The lowest BCUT2D eigenvalue weighted by molar-refractivity contribution is -0.139. The van der Waals surface area contributed by atoms with Crippen LogP contribution in [0.25, 0.3) is 0 Å². The molecule has 0 radical (unpaired) electrons. The Kier molecular flexibility index (Phi) is 11.4. The van der Waals surface area contributed by atoms with Gasteiger partial charge in [-0.25, -0.2) is 19.2 Å². The van der Waals surface area contributed by atoms with E-state index in [0.717, 1.165) is 5.56 Å². The molecule has 1 saturated heterocycles. The number of hydrogen-bond donors (Lipinski definition) is 2. The minimum Gasteiger partial charge on any atom is -0.480 e. The molecule has 2 N–H and O–H groups in total. The largest absolute Gasteiger partial charge is 0.480 e. The van der Waals surface area contributed by atoms with Crippen LogP contribution in [0.3, 0.4) is 0 Å². The fourth-order valence-corrected chi connectivity index (χ4v) is 3.65. The molecule has 12 nitrogen and oxygen atoms in total. The van der Waals surface area contributed by atoms with E-state index in [4.69, 9.17) is 14.2 Å².